The number of carbonyl (C=O) groups is 2. The second-order valence-electron chi connectivity index (χ2n) is 6.41. The number of hydrogen-bond donors (Lipinski definition) is 1. The highest BCUT2D eigenvalue weighted by Crippen LogP contribution is 2.49. The Hall–Kier alpha value is -1.32. The number of aliphatic carboxylic acids is 1. The third-order valence-corrected chi connectivity index (χ3v) is 4.83. The highest BCUT2D eigenvalue weighted by atomic mass is 16.6. The SMILES string of the molecule is C=CC[C@@H]1C[C@@]1(C)OC(=O)C[C@H](C(=O)O)C1CCCC1. The lowest BCUT2D eigenvalue weighted by Crippen LogP contribution is -2.28. The smallest absolute Gasteiger partial charge is 0.307 e. The van der Waals surface area contributed by atoms with Crippen LogP contribution in [0.2, 0.25) is 0 Å². The fraction of sp³-hybridized carbons (Fsp3) is 0.750. The fourth-order valence-electron chi connectivity index (χ4n) is 3.39. The molecule has 2 aliphatic rings. The van der Waals surface area contributed by atoms with Crippen LogP contribution < -0.4 is 0 Å². The first-order valence-electron chi connectivity index (χ1n) is 7.52. The van der Waals surface area contributed by atoms with Crippen LogP contribution in [0.25, 0.3) is 0 Å². The van der Waals surface area contributed by atoms with Crippen LogP contribution in [-0.2, 0) is 14.3 Å². The first kappa shape index (κ1) is 15.1. The molecule has 0 aromatic rings. The lowest BCUT2D eigenvalue weighted by Gasteiger charge is -2.20. The van der Waals surface area contributed by atoms with Crippen LogP contribution in [0.1, 0.15) is 51.9 Å². The average molecular weight is 280 g/mol. The molecule has 0 amide bonds. The normalized spacial score (nSPS) is 30.8. The minimum atomic E-state index is -0.863. The van der Waals surface area contributed by atoms with E-state index in [1.54, 1.807) is 0 Å². The molecule has 20 heavy (non-hydrogen) atoms. The van der Waals surface area contributed by atoms with Gasteiger partial charge in [-0.15, -0.1) is 6.58 Å². The van der Waals surface area contributed by atoms with E-state index >= 15 is 0 Å². The first-order chi connectivity index (χ1) is 9.46. The van der Waals surface area contributed by atoms with E-state index in [1.807, 2.05) is 13.0 Å². The van der Waals surface area contributed by atoms with Crippen molar-refractivity contribution in [1.82, 2.24) is 0 Å². The zero-order valence-corrected chi connectivity index (χ0v) is 12.1. The standard InChI is InChI=1S/C16H24O4/c1-3-6-12-10-16(12,2)20-14(17)9-13(15(18)19)11-7-4-5-8-11/h3,11-13H,1,4-10H2,2H3,(H,18,19)/t12-,13+,16-/m1/s1. The Labute approximate surface area is 120 Å². The predicted octanol–water partition coefficient (Wildman–Crippen LogP) is 3.17. The van der Waals surface area contributed by atoms with E-state index in [4.69, 9.17) is 4.74 Å². The molecule has 0 saturated heterocycles. The molecule has 0 heterocycles. The van der Waals surface area contributed by atoms with Crippen LogP contribution in [-0.4, -0.2) is 22.6 Å². The van der Waals surface area contributed by atoms with Crippen LogP contribution in [0, 0.1) is 17.8 Å². The Kier molecular flexibility index (Phi) is 4.51. The third kappa shape index (κ3) is 3.41. The van der Waals surface area contributed by atoms with Gasteiger partial charge in [-0.25, -0.2) is 0 Å². The van der Waals surface area contributed by atoms with E-state index in [9.17, 15) is 14.7 Å². The topological polar surface area (TPSA) is 63.6 Å². The van der Waals surface area contributed by atoms with Gasteiger partial charge in [-0.05, 0) is 38.5 Å². The maximum absolute atomic E-state index is 12.0. The molecule has 0 aromatic carbocycles. The second kappa shape index (κ2) is 5.98. The van der Waals surface area contributed by atoms with Crippen LogP contribution in [0.5, 0.6) is 0 Å². The molecule has 0 aliphatic heterocycles. The van der Waals surface area contributed by atoms with Gasteiger partial charge in [0.2, 0.25) is 0 Å². The van der Waals surface area contributed by atoms with Crippen molar-refractivity contribution in [3.63, 3.8) is 0 Å². The van der Waals surface area contributed by atoms with Gasteiger partial charge in [0.1, 0.15) is 5.60 Å². The maximum Gasteiger partial charge on any atom is 0.307 e. The van der Waals surface area contributed by atoms with Gasteiger partial charge in [0.25, 0.3) is 0 Å². The molecule has 3 atom stereocenters. The van der Waals surface area contributed by atoms with E-state index in [1.165, 1.54) is 0 Å². The molecule has 0 spiro atoms. The minimum absolute atomic E-state index is 0.0103. The number of carboxylic acids is 1. The molecule has 4 nitrogen and oxygen atoms in total. The summed E-state index contributed by atoms with van der Waals surface area (Å²) in [7, 11) is 0. The van der Waals surface area contributed by atoms with Gasteiger partial charge < -0.3 is 9.84 Å². The summed E-state index contributed by atoms with van der Waals surface area (Å²) in [6.45, 7) is 5.61. The molecule has 2 aliphatic carbocycles. The van der Waals surface area contributed by atoms with Crippen LogP contribution in [0.3, 0.4) is 0 Å². The van der Waals surface area contributed by atoms with Crippen molar-refractivity contribution in [2.24, 2.45) is 17.8 Å². The highest BCUT2D eigenvalue weighted by Gasteiger charge is 2.53. The summed E-state index contributed by atoms with van der Waals surface area (Å²) in [4.78, 5) is 23.4. The van der Waals surface area contributed by atoms with Crippen molar-refractivity contribution in [1.29, 1.82) is 0 Å². The molecule has 1 N–H and O–H groups in total. The van der Waals surface area contributed by atoms with Gasteiger partial charge in [0.05, 0.1) is 12.3 Å². The Bertz CT molecular complexity index is 397. The Morgan fingerprint density at radius 3 is 2.65 bits per heavy atom. The molecule has 0 bridgehead atoms. The number of carboxylic acid groups (broad SMARTS) is 1. The Morgan fingerprint density at radius 2 is 2.10 bits per heavy atom. The molecule has 2 saturated carbocycles. The molecular formula is C16H24O4. The van der Waals surface area contributed by atoms with Crippen LogP contribution >= 0.6 is 0 Å². The molecule has 2 rings (SSSR count). The zero-order valence-electron chi connectivity index (χ0n) is 12.1. The summed E-state index contributed by atoms with van der Waals surface area (Å²) in [5.41, 5.74) is -0.399. The average Bonchev–Trinajstić information content (AvgIpc) is 2.81. The minimum Gasteiger partial charge on any atom is -0.481 e. The van der Waals surface area contributed by atoms with Crippen molar-refractivity contribution in [3.05, 3.63) is 12.7 Å². The van der Waals surface area contributed by atoms with Crippen molar-refractivity contribution in [3.8, 4) is 0 Å². The molecule has 0 aromatic heterocycles. The lowest BCUT2D eigenvalue weighted by molar-refractivity contribution is -0.158. The van der Waals surface area contributed by atoms with Gasteiger partial charge in [-0.1, -0.05) is 18.9 Å². The molecule has 112 valence electrons. The predicted molar refractivity (Wildman–Crippen MR) is 75.1 cm³/mol. The first-order valence-corrected chi connectivity index (χ1v) is 7.52. The number of hydrogen-bond acceptors (Lipinski definition) is 3. The van der Waals surface area contributed by atoms with E-state index in [2.05, 4.69) is 6.58 Å². The van der Waals surface area contributed by atoms with Gasteiger partial charge in [-0.3, -0.25) is 9.59 Å². The molecule has 0 unspecified atom stereocenters. The number of rotatable bonds is 7. The van der Waals surface area contributed by atoms with E-state index in [-0.39, 0.29) is 18.3 Å². The summed E-state index contributed by atoms with van der Waals surface area (Å²) < 4.78 is 5.50. The zero-order chi connectivity index (χ0) is 14.8. The van der Waals surface area contributed by atoms with Crippen molar-refractivity contribution in [2.45, 2.75) is 57.5 Å². The second-order valence-corrected chi connectivity index (χ2v) is 6.41. The summed E-state index contributed by atoms with van der Waals surface area (Å²) in [6.07, 6.45) is 7.52. The van der Waals surface area contributed by atoms with Gasteiger partial charge in [0.15, 0.2) is 0 Å². The van der Waals surface area contributed by atoms with Crippen LogP contribution in [0.15, 0.2) is 12.7 Å². The Morgan fingerprint density at radius 1 is 1.45 bits per heavy atom. The van der Waals surface area contributed by atoms with Crippen molar-refractivity contribution in [2.75, 3.05) is 0 Å². The molecule has 4 heteroatoms. The largest absolute Gasteiger partial charge is 0.481 e. The summed E-state index contributed by atoms with van der Waals surface area (Å²) in [6, 6.07) is 0. The third-order valence-electron chi connectivity index (χ3n) is 4.83. The van der Waals surface area contributed by atoms with E-state index in [0.717, 1.165) is 38.5 Å². The van der Waals surface area contributed by atoms with Gasteiger partial charge in [0, 0.05) is 5.92 Å². The molecule has 0 radical (unpaired) electrons. The molecular weight excluding hydrogens is 256 g/mol. The maximum atomic E-state index is 12.0. The quantitative estimate of drug-likeness (QED) is 0.574. The lowest BCUT2D eigenvalue weighted by atomic mass is 9.88. The summed E-state index contributed by atoms with van der Waals surface area (Å²) in [5, 5.41) is 9.31. The molecule has 2 fully saturated rings. The number of allylic oxidation sites excluding steroid dienone is 1. The number of carbonyl (C=O) groups excluding carboxylic acids is 1. The van der Waals surface area contributed by atoms with E-state index in [0.29, 0.717) is 5.92 Å². The van der Waals surface area contributed by atoms with Gasteiger partial charge in [-0.2, -0.15) is 0 Å². The highest BCUT2D eigenvalue weighted by molar-refractivity contribution is 5.79. The number of esters is 1. The summed E-state index contributed by atoms with van der Waals surface area (Å²) >= 11 is 0. The number of ether oxygens (including phenoxy) is 1. The van der Waals surface area contributed by atoms with E-state index < -0.39 is 17.5 Å². The van der Waals surface area contributed by atoms with Crippen LogP contribution in [0.4, 0.5) is 0 Å². The summed E-state index contributed by atoms with van der Waals surface area (Å²) in [5.74, 6) is -1.32. The van der Waals surface area contributed by atoms with Gasteiger partial charge >= 0.3 is 11.9 Å². The fourth-order valence-corrected chi connectivity index (χ4v) is 3.39. The van der Waals surface area contributed by atoms with Crippen molar-refractivity contribution >= 4 is 11.9 Å². The Balaban J connectivity index is 1.86. The monoisotopic (exact) mass is 280 g/mol. The van der Waals surface area contributed by atoms with Crippen molar-refractivity contribution < 1.29 is 19.4 Å².